The Morgan fingerprint density at radius 1 is 1.41 bits per heavy atom. The molecule has 1 aromatic heterocycles. The van der Waals surface area contributed by atoms with Gasteiger partial charge in [0.1, 0.15) is 0 Å². The Morgan fingerprint density at radius 3 is 2.88 bits per heavy atom. The molecule has 0 saturated heterocycles. The molecule has 3 nitrogen and oxygen atoms in total. The molecule has 1 unspecified atom stereocenters. The first kappa shape index (κ1) is 12.2. The van der Waals surface area contributed by atoms with E-state index in [1.54, 1.807) is 12.5 Å². The van der Waals surface area contributed by atoms with Gasteiger partial charge in [-0.3, -0.25) is 11.3 Å². The van der Waals surface area contributed by atoms with E-state index in [4.69, 9.17) is 21.9 Å². The van der Waals surface area contributed by atoms with Gasteiger partial charge in [-0.15, -0.1) is 0 Å². The molecule has 0 spiro atoms. The molecular weight excluding hydrogens is 236 g/mol. The maximum Gasteiger partial charge on any atom is 0.0935 e. The lowest BCUT2D eigenvalue weighted by Gasteiger charge is -2.18. The highest BCUT2D eigenvalue weighted by Gasteiger charge is 2.14. The van der Waals surface area contributed by atoms with Crippen LogP contribution >= 0.6 is 11.6 Å². The molecule has 0 fully saturated rings. The Kier molecular flexibility index (Phi) is 3.84. The largest absolute Gasteiger partial charge is 0.472 e. The van der Waals surface area contributed by atoms with E-state index in [0.29, 0.717) is 0 Å². The molecule has 1 aromatic carbocycles. The van der Waals surface area contributed by atoms with Crippen LogP contribution in [0.25, 0.3) is 0 Å². The average Bonchev–Trinajstić information content (AvgIpc) is 2.82. The molecule has 17 heavy (non-hydrogen) atoms. The molecule has 3 N–H and O–H groups in total. The number of rotatable bonds is 4. The Bertz CT molecular complexity index is 482. The van der Waals surface area contributed by atoms with Crippen LogP contribution in [0.1, 0.15) is 22.7 Å². The van der Waals surface area contributed by atoms with Gasteiger partial charge in [0.05, 0.1) is 18.6 Å². The van der Waals surface area contributed by atoms with Crippen molar-refractivity contribution >= 4 is 11.6 Å². The molecule has 0 aliphatic carbocycles. The van der Waals surface area contributed by atoms with E-state index in [-0.39, 0.29) is 6.04 Å². The smallest absolute Gasteiger partial charge is 0.0935 e. The second-order valence-electron chi connectivity index (χ2n) is 4.06. The Hall–Kier alpha value is -1.29. The quantitative estimate of drug-likeness (QED) is 0.648. The third-order valence-electron chi connectivity index (χ3n) is 2.84. The molecule has 2 rings (SSSR count). The minimum Gasteiger partial charge on any atom is -0.472 e. The average molecular weight is 251 g/mol. The highest BCUT2D eigenvalue weighted by molar-refractivity contribution is 6.30. The van der Waals surface area contributed by atoms with Crippen LogP contribution in [0.4, 0.5) is 0 Å². The fourth-order valence-corrected chi connectivity index (χ4v) is 2.07. The fraction of sp³-hybridized carbons (Fsp3) is 0.231. The molecule has 0 bridgehead atoms. The molecule has 0 aliphatic rings. The minimum absolute atomic E-state index is 0.0336. The SMILES string of the molecule is Cc1ccc(Cl)cc1C(Cc1ccoc1)NN. The summed E-state index contributed by atoms with van der Waals surface area (Å²) < 4.78 is 5.06. The van der Waals surface area contributed by atoms with Crippen LogP contribution < -0.4 is 11.3 Å². The molecule has 0 saturated carbocycles. The number of benzene rings is 1. The maximum absolute atomic E-state index is 6.01. The highest BCUT2D eigenvalue weighted by atomic mass is 35.5. The van der Waals surface area contributed by atoms with Gasteiger partial charge in [0, 0.05) is 5.02 Å². The number of aryl methyl sites for hydroxylation is 1. The summed E-state index contributed by atoms with van der Waals surface area (Å²) in [5.74, 6) is 5.62. The zero-order chi connectivity index (χ0) is 12.3. The number of halogens is 1. The van der Waals surface area contributed by atoms with Crippen molar-refractivity contribution in [3.8, 4) is 0 Å². The number of hydrogen-bond acceptors (Lipinski definition) is 3. The number of furan rings is 1. The molecule has 2 aromatic rings. The maximum atomic E-state index is 6.01. The van der Waals surface area contributed by atoms with E-state index in [1.807, 2.05) is 31.2 Å². The van der Waals surface area contributed by atoms with Gasteiger partial charge in [-0.1, -0.05) is 17.7 Å². The second-order valence-corrected chi connectivity index (χ2v) is 4.49. The first-order chi connectivity index (χ1) is 8.20. The number of nitrogens with two attached hydrogens (primary N) is 1. The monoisotopic (exact) mass is 250 g/mol. The van der Waals surface area contributed by atoms with E-state index >= 15 is 0 Å². The lowest BCUT2D eigenvalue weighted by molar-refractivity contribution is 0.534. The summed E-state index contributed by atoms with van der Waals surface area (Å²) in [5.41, 5.74) is 6.21. The summed E-state index contributed by atoms with van der Waals surface area (Å²) in [6.45, 7) is 2.05. The lowest BCUT2D eigenvalue weighted by atomic mass is 9.97. The summed E-state index contributed by atoms with van der Waals surface area (Å²) in [5, 5.41) is 0.720. The first-order valence-corrected chi connectivity index (χ1v) is 5.81. The highest BCUT2D eigenvalue weighted by Crippen LogP contribution is 2.24. The van der Waals surface area contributed by atoms with Crippen LogP contribution in [-0.4, -0.2) is 0 Å². The van der Waals surface area contributed by atoms with Gasteiger partial charge in [-0.25, -0.2) is 0 Å². The van der Waals surface area contributed by atoms with E-state index in [2.05, 4.69) is 5.43 Å². The number of hydrazine groups is 1. The zero-order valence-corrected chi connectivity index (χ0v) is 10.4. The van der Waals surface area contributed by atoms with Crippen LogP contribution in [0.2, 0.25) is 5.02 Å². The van der Waals surface area contributed by atoms with Crippen molar-refractivity contribution in [2.75, 3.05) is 0 Å². The van der Waals surface area contributed by atoms with Crippen molar-refractivity contribution in [1.29, 1.82) is 0 Å². The standard InChI is InChI=1S/C13H15ClN2O/c1-9-2-3-11(14)7-12(9)13(16-15)6-10-4-5-17-8-10/h2-5,7-8,13,16H,6,15H2,1H3. The normalized spacial score (nSPS) is 12.6. The van der Waals surface area contributed by atoms with Crippen LogP contribution in [0.5, 0.6) is 0 Å². The summed E-state index contributed by atoms with van der Waals surface area (Å²) in [7, 11) is 0. The van der Waals surface area contributed by atoms with Gasteiger partial charge >= 0.3 is 0 Å². The van der Waals surface area contributed by atoms with Gasteiger partial charge in [0.2, 0.25) is 0 Å². The van der Waals surface area contributed by atoms with E-state index in [9.17, 15) is 0 Å². The molecule has 0 amide bonds. The minimum atomic E-state index is 0.0336. The lowest BCUT2D eigenvalue weighted by Crippen LogP contribution is -2.30. The summed E-state index contributed by atoms with van der Waals surface area (Å²) in [4.78, 5) is 0. The van der Waals surface area contributed by atoms with Crippen molar-refractivity contribution in [2.24, 2.45) is 5.84 Å². The number of hydrogen-bond donors (Lipinski definition) is 2. The van der Waals surface area contributed by atoms with Crippen molar-refractivity contribution < 1.29 is 4.42 Å². The van der Waals surface area contributed by atoms with Gasteiger partial charge in [0.15, 0.2) is 0 Å². The predicted octanol–water partition coefficient (Wildman–Crippen LogP) is 2.99. The summed E-state index contributed by atoms with van der Waals surface area (Å²) in [6, 6.07) is 7.79. The van der Waals surface area contributed by atoms with Crippen molar-refractivity contribution in [3.05, 3.63) is 58.5 Å². The van der Waals surface area contributed by atoms with Crippen molar-refractivity contribution in [2.45, 2.75) is 19.4 Å². The Balaban J connectivity index is 2.25. The molecule has 90 valence electrons. The first-order valence-electron chi connectivity index (χ1n) is 5.44. The molecule has 1 atom stereocenters. The molecule has 0 aliphatic heterocycles. The van der Waals surface area contributed by atoms with Gasteiger partial charge in [0.25, 0.3) is 0 Å². The van der Waals surface area contributed by atoms with Crippen molar-refractivity contribution in [3.63, 3.8) is 0 Å². The topological polar surface area (TPSA) is 51.2 Å². The molecule has 0 radical (unpaired) electrons. The van der Waals surface area contributed by atoms with E-state index in [1.165, 1.54) is 5.56 Å². The summed E-state index contributed by atoms with van der Waals surface area (Å²) in [6.07, 6.45) is 4.16. The Morgan fingerprint density at radius 2 is 2.24 bits per heavy atom. The van der Waals surface area contributed by atoms with Crippen molar-refractivity contribution in [1.82, 2.24) is 5.43 Å². The summed E-state index contributed by atoms with van der Waals surface area (Å²) >= 11 is 6.01. The molecule has 4 heteroatoms. The van der Waals surface area contributed by atoms with E-state index in [0.717, 1.165) is 22.6 Å². The van der Waals surface area contributed by atoms with Crippen LogP contribution in [0, 0.1) is 6.92 Å². The zero-order valence-electron chi connectivity index (χ0n) is 9.61. The van der Waals surface area contributed by atoms with Gasteiger partial charge in [-0.2, -0.15) is 0 Å². The number of nitrogens with one attached hydrogen (secondary N) is 1. The van der Waals surface area contributed by atoms with Crippen LogP contribution in [0.15, 0.2) is 41.2 Å². The van der Waals surface area contributed by atoms with Crippen LogP contribution in [0.3, 0.4) is 0 Å². The van der Waals surface area contributed by atoms with E-state index < -0.39 is 0 Å². The fourth-order valence-electron chi connectivity index (χ4n) is 1.89. The van der Waals surface area contributed by atoms with Gasteiger partial charge in [-0.05, 0) is 48.2 Å². The van der Waals surface area contributed by atoms with Gasteiger partial charge < -0.3 is 4.42 Å². The molecule has 1 heterocycles. The second kappa shape index (κ2) is 5.36. The van der Waals surface area contributed by atoms with Crippen LogP contribution in [-0.2, 0) is 6.42 Å². The molecular formula is C13H15ClN2O. The predicted molar refractivity (Wildman–Crippen MR) is 68.7 cm³/mol. The Labute approximate surface area is 106 Å². The third-order valence-corrected chi connectivity index (χ3v) is 3.07. The third kappa shape index (κ3) is 2.88.